The number of aromatic nitrogens is 2. The van der Waals surface area contributed by atoms with Gasteiger partial charge in [0.05, 0.1) is 17.6 Å². The summed E-state index contributed by atoms with van der Waals surface area (Å²) in [5, 5.41) is 2.87. The lowest BCUT2D eigenvalue weighted by atomic mass is 10.2. The smallest absolute Gasteiger partial charge is 0.262 e. The predicted octanol–water partition coefficient (Wildman–Crippen LogP) is 5.72. The summed E-state index contributed by atoms with van der Waals surface area (Å²) in [5.41, 5.74) is 4.44. The zero-order valence-corrected chi connectivity index (χ0v) is 18.8. The molecule has 1 amide bonds. The number of hydrogen-bond acceptors (Lipinski definition) is 4. The van der Waals surface area contributed by atoms with Gasteiger partial charge in [0.2, 0.25) is 0 Å². The molecule has 0 saturated carbocycles. The first-order valence-corrected chi connectivity index (χ1v) is 10.7. The Balaban J connectivity index is 1.55. The summed E-state index contributed by atoms with van der Waals surface area (Å²) in [4.78, 5) is 20.4. The minimum atomic E-state index is -0.241. The maximum Gasteiger partial charge on any atom is 0.262 e. The van der Waals surface area contributed by atoms with E-state index in [4.69, 9.17) is 9.47 Å². The second kappa shape index (κ2) is 9.22. The summed E-state index contributed by atoms with van der Waals surface area (Å²) in [6.45, 7) is 4.17. The third kappa shape index (κ3) is 4.72. The molecule has 0 unspecified atom stereocenters. The third-order valence-electron chi connectivity index (χ3n) is 4.76. The van der Waals surface area contributed by atoms with Gasteiger partial charge in [-0.2, -0.15) is 0 Å². The predicted molar refractivity (Wildman–Crippen MR) is 126 cm³/mol. The Labute approximate surface area is 188 Å². The van der Waals surface area contributed by atoms with Crippen molar-refractivity contribution in [3.63, 3.8) is 0 Å². The summed E-state index contributed by atoms with van der Waals surface area (Å²) in [5.74, 6) is 1.51. The molecule has 0 fully saturated rings. The van der Waals surface area contributed by atoms with Gasteiger partial charge in [0.1, 0.15) is 5.82 Å². The first-order chi connectivity index (χ1) is 15.0. The number of aromatic amines is 1. The maximum absolute atomic E-state index is 12.4. The number of aryl methyl sites for hydroxylation is 1. The number of H-pyrrole nitrogens is 1. The SMILES string of the molecule is CCOc1cc(-c2nc3ccccc3[nH]2)c(Br)cc1OCC(=O)Nc1ccccc1C. The van der Waals surface area contributed by atoms with Crippen molar-refractivity contribution in [2.75, 3.05) is 18.5 Å². The highest BCUT2D eigenvalue weighted by molar-refractivity contribution is 9.10. The summed E-state index contributed by atoms with van der Waals surface area (Å²) in [6.07, 6.45) is 0. The molecule has 4 aromatic rings. The van der Waals surface area contributed by atoms with Crippen LogP contribution in [0.4, 0.5) is 5.69 Å². The first kappa shape index (κ1) is 20.9. The van der Waals surface area contributed by atoms with Crippen LogP contribution in [-0.4, -0.2) is 29.1 Å². The Kier molecular flexibility index (Phi) is 6.23. The number of nitrogens with one attached hydrogen (secondary N) is 2. The fourth-order valence-corrected chi connectivity index (χ4v) is 3.73. The normalized spacial score (nSPS) is 10.8. The van der Waals surface area contributed by atoms with Crippen LogP contribution in [0.25, 0.3) is 22.4 Å². The van der Waals surface area contributed by atoms with Crippen molar-refractivity contribution in [1.29, 1.82) is 0 Å². The number of para-hydroxylation sites is 3. The molecule has 158 valence electrons. The van der Waals surface area contributed by atoms with E-state index in [0.29, 0.717) is 18.1 Å². The molecular weight excluding hydrogens is 458 g/mol. The first-order valence-electron chi connectivity index (χ1n) is 9.95. The lowest BCUT2D eigenvalue weighted by Crippen LogP contribution is -2.20. The van der Waals surface area contributed by atoms with Gasteiger partial charge in [-0.1, -0.05) is 30.3 Å². The Morgan fingerprint density at radius 3 is 2.58 bits per heavy atom. The average molecular weight is 480 g/mol. The fraction of sp³-hybridized carbons (Fsp3) is 0.167. The molecule has 2 N–H and O–H groups in total. The summed E-state index contributed by atoms with van der Waals surface area (Å²) in [6, 6.07) is 19.1. The molecule has 31 heavy (non-hydrogen) atoms. The number of ether oxygens (including phenoxy) is 2. The molecule has 0 spiro atoms. The van der Waals surface area contributed by atoms with E-state index < -0.39 is 0 Å². The Morgan fingerprint density at radius 2 is 1.81 bits per heavy atom. The topological polar surface area (TPSA) is 76.2 Å². The molecule has 0 aliphatic heterocycles. The van der Waals surface area contributed by atoms with Crippen LogP contribution in [0.5, 0.6) is 11.5 Å². The molecule has 6 nitrogen and oxygen atoms in total. The largest absolute Gasteiger partial charge is 0.490 e. The summed E-state index contributed by atoms with van der Waals surface area (Å²) < 4.78 is 12.4. The van der Waals surface area contributed by atoms with Crippen LogP contribution in [0.3, 0.4) is 0 Å². The molecule has 0 bridgehead atoms. The Bertz CT molecular complexity index is 1200. The zero-order valence-electron chi connectivity index (χ0n) is 17.2. The highest BCUT2D eigenvalue weighted by atomic mass is 79.9. The number of halogens is 1. The van der Waals surface area contributed by atoms with Crippen molar-refractivity contribution in [1.82, 2.24) is 9.97 Å². The zero-order chi connectivity index (χ0) is 21.8. The van der Waals surface area contributed by atoms with Gasteiger partial charge in [-0.05, 0) is 65.7 Å². The second-order valence-corrected chi connectivity index (χ2v) is 7.82. The van der Waals surface area contributed by atoms with Crippen LogP contribution < -0.4 is 14.8 Å². The minimum absolute atomic E-state index is 0.134. The number of nitrogens with zero attached hydrogens (tertiary/aromatic N) is 1. The molecule has 1 heterocycles. The molecule has 0 saturated heterocycles. The van der Waals surface area contributed by atoms with E-state index in [1.807, 2.05) is 68.4 Å². The number of rotatable bonds is 7. The number of carbonyl (C=O) groups is 1. The second-order valence-electron chi connectivity index (χ2n) is 6.97. The minimum Gasteiger partial charge on any atom is -0.490 e. The quantitative estimate of drug-likeness (QED) is 0.355. The van der Waals surface area contributed by atoms with Crippen LogP contribution in [-0.2, 0) is 4.79 Å². The van der Waals surface area contributed by atoms with Crippen molar-refractivity contribution in [3.05, 3.63) is 70.7 Å². The number of amides is 1. The van der Waals surface area contributed by atoms with Gasteiger partial charge in [-0.25, -0.2) is 4.98 Å². The van der Waals surface area contributed by atoms with E-state index in [1.165, 1.54) is 0 Å². The van der Waals surface area contributed by atoms with E-state index in [-0.39, 0.29) is 12.5 Å². The number of fused-ring (bicyclic) bond motifs is 1. The van der Waals surface area contributed by atoms with Crippen molar-refractivity contribution in [2.24, 2.45) is 0 Å². The average Bonchev–Trinajstić information content (AvgIpc) is 3.19. The van der Waals surface area contributed by atoms with Crippen molar-refractivity contribution in [3.8, 4) is 22.9 Å². The van der Waals surface area contributed by atoms with Crippen LogP contribution >= 0.6 is 15.9 Å². The standard InChI is InChI=1S/C24H22BrN3O3/c1-3-30-21-12-16(24-27-19-10-6-7-11-20(19)28-24)17(25)13-22(21)31-14-23(29)26-18-9-5-4-8-15(18)2/h4-13H,3,14H2,1-2H3,(H,26,29)(H,27,28). The maximum atomic E-state index is 12.4. The molecule has 3 aromatic carbocycles. The van der Waals surface area contributed by atoms with E-state index in [2.05, 4.69) is 31.2 Å². The third-order valence-corrected chi connectivity index (χ3v) is 5.41. The summed E-state index contributed by atoms with van der Waals surface area (Å²) >= 11 is 3.60. The van der Waals surface area contributed by atoms with Gasteiger partial charge in [-0.3, -0.25) is 4.79 Å². The van der Waals surface area contributed by atoms with Gasteiger partial charge in [0.15, 0.2) is 18.1 Å². The molecule has 1 aromatic heterocycles. The highest BCUT2D eigenvalue weighted by Crippen LogP contribution is 2.38. The van der Waals surface area contributed by atoms with Crippen LogP contribution in [0.1, 0.15) is 12.5 Å². The lowest BCUT2D eigenvalue weighted by molar-refractivity contribution is -0.118. The van der Waals surface area contributed by atoms with Gasteiger partial charge >= 0.3 is 0 Å². The van der Waals surface area contributed by atoms with E-state index in [0.717, 1.165) is 38.1 Å². The molecule has 0 radical (unpaired) electrons. The highest BCUT2D eigenvalue weighted by Gasteiger charge is 2.16. The van der Waals surface area contributed by atoms with E-state index in [9.17, 15) is 4.79 Å². The van der Waals surface area contributed by atoms with Gasteiger partial charge in [-0.15, -0.1) is 0 Å². The molecular formula is C24H22BrN3O3. The van der Waals surface area contributed by atoms with Gasteiger partial charge in [0, 0.05) is 15.7 Å². The fourth-order valence-electron chi connectivity index (χ4n) is 3.22. The van der Waals surface area contributed by atoms with Crippen LogP contribution in [0, 0.1) is 6.92 Å². The number of carbonyl (C=O) groups excluding carboxylic acids is 1. The molecule has 0 aliphatic carbocycles. The number of imidazole rings is 1. The van der Waals surface area contributed by atoms with Crippen LogP contribution in [0.15, 0.2) is 65.1 Å². The molecule has 0 aliphatic rings. The van der Waals surface area contributed by atoms with Crippen LogP contribution in [0.2, 0.25) is 0 Å². The van der Waals surface area contributed by atoms with E-state index >= 15 is 0 Å². The molecule has 4 rings (SSSR count). The van der Waals surface area contributed by atoms with Crippen molar-refractivity contribution >= 4 is 38.6 Å². The summed E-state index contributed by atoms with van der Waals surface area (Å²) in [7, 11) is 0. The Hall–Kier alpha value is -3.32. The monoisotopic (exact) mass is 479 g/mol. The van der Waals surface area contributed by atoms with Crippen molar-refractivity contribution < 1.29 is 14.3 Å². The van der Waals surface area contributed by atoms with Gasteiger partial charge in [0.25, 0.3) is 5.91 Å². The lowest BCUT2D eigenvalue weighted by Gasteiger charge is -2.15. The number of hydrogen-bond donors (Lipinski definition) is 2. The number of anilines is 1. The number of benzene rings is 3. The van der Waals surface area contributed by atoms with Crippen molar-refractivity contribution in [2.45, 2.75) is 13.8 Å². The van der Waals surface area contributed by atoms with E-state index in [1.54, 1.807) is 6.07 Å². The Morgan fingerprint density at radius 1 is 1.06 bits per heavy atom. The molecule has 0 atom stereocenters. The molecule has 7 heteroatoms. The van der Waals surface area contributed by atoms with Gasteiger partial charge < -0.3 is 19.8 Å².